The molecule has 0 radical (unpaired) electrons. The molecule has 0 saturated heterocycles. The van der Waals surface area contributed by atoms with E-state index >= 15 is 0 Å². The van der Waals surface area contributed by atoms with Crippen LogP contribution < -0.4 is 10.2 Å². The van der Waals surface area contributed by atoms with E-state index in [0.29, 0.717) is 0 Å². The first-order valence-corrected chi connectivity index (χ1v) is 9.26. The maximum atomic E-state index is 4.39. The van der Waals surface area contributed by atoms with Crippen molar-refractivity contribution in [3.63, 3.8) is 0 Å². The number of nitrogens with one attached hydrogen (secondary N) is 1. The van der Waals surface area contributed by atoms with Gasteiger partial charge in [0.2, 0.25) is 0 Å². The predicted molar refractivity (Wildman–Crippen MR) is 111 cm³/mol. The molecule has 3 rings (SSSR count). The van der Waals surface area contributed by atoms with Crippen molar-refractivity contribution in [2.75, 3.05) is 24.3 Å². The van der Waals surface area contributed by atoms with Crippen LogP contribution in [-0.2, 0) is 5.54 Å². The minimum absolute atomic E-state index is 0.405. The number of aromatic nitrogens is 4. The van der Waals surface area contributed by atoms with Crippen LogP contribution in [0.3, 0.4) is 0 Å². The Hall–Kier alpha value is -2.89. The molecule has 1 aromatic heterocycles. The Morgan fingerprint density at radius 3 is 2.22 bits per heavy atom. The van der Waals surface area contributed by atoms with Crippen molar-refractivity contribution in [2.24, 2.45) is 0 Å². The minimum Gasteiger partial charge on any atom is -0.378 e. The van der Waals surface area contributed by atoms with E-state index in [-0.39, 0.29) is 0 Å². The van der Waals surface area contributed by atoms with Crippen LogP contribution in [0, 0.1) is 13.8 Å². The Kier molecular flexibility index (Phi) is 5.17. The average Bonchev–Trinajstić information content (AvgIpc) is 3.12. The molecule has 3 aromatic rings. The highest BCUT2D eigenvalue weighted by Gasteiger charge is 2.32. The van der Waals surface area contributed by atoms with Crippen LogP contribution in [-0.4, -0.2) is 34.3 Å². The molecule has 0 saturated carbocycles. The molecule has 0 fully saturated rings. The number of hydrogen-bond donors (Lipinski definition) is 1. The first kappa shape index (κ1) is 18.9. The molecule has 1 N–H and O–H groups in total. The van der Waals surface area contributed by atoms with E-state index in [1.165, 1.54) is 5.69 Å². The molecule has 0 aliphatic carbocycles. The van der Waals surface area contributed by atoms with Crippen molar-refractivity contribution < 1.29 is 0 Å². The van der Waals surface area contributed by atoms with E-state index in [2.05, 4.69) is 95.9 Å². The first-order valence-electron chi connectivity index (χ1n) is 9.26. The van der Waals surface area contributed by atoms with Gasteiger partial charge in [0.25, 0.3) is 0 Å². The standard InChI is InChI=1S/C21H28N6/c1-7-21(4,22-17-11-13-18(14-12-17)26(5)6)20-23-24-25-27(20)19-15(2)9-8-10-16(19)3/h8-14,22H,7H2,1-6H3. The van der Waals surface area contributed by atoms with Crippen LogP contribution >= 0.6 is 0 Å². The number of benzene rings is 2. The quantitative estimate of drug-likeness (QED) is 0.714. The lowest BCUT2D eigenvalue weighted by Crippen LogP contribution is -2.34. The highest BCUT2D eigenvalue weighted by Crippen LogP contribution is 2.31. The van der Waals surface area contributed by atoms with Gasteiger partial charge in [-0.15, -0.1) is 5.10 Å². The Morgan fingerprint density at radius 1 is 1.04 bits per heavy atom. The second-order valence-corrected chi connectivity index (χ2v) is 7.41. The van der Waals surface area contributed by atoms with Crippen molar-refractivity contribution in [2.45, 2.75) is 39.7 Å². The highest BCUT2D eigenvalue weighted by atomic mass is 15.6. The van der Waals surface area contributed by atoms with Crippen molar-refractivity contribution in [3.8, 4) is 5.69 Å². The fourth-order valence-corrected chi connectivity index (χ4v) is 3.29. The van der Waals surface area contributed by atoms with Gasteiger partial charge in [-0.1, -0.05) is 25.1 Å². The molecule has 0 aliphatic heterocycles. The molecule has 1 unspecified atom stereocenters. The number of hydrogen-bond acceptors (Lipinski definition) is 5. The number of tetrazole rings is 1. The summed E-state index contributed by atoms with van der Waals surface area (Å²) in [7, 11) is 4.08. The van der Waals surface area contributed by atoms with E-state index in [1.54, 1.807) is 0 Å². The van der Waals surface area contributed by atoms with Crippen LogP contribution in [0.25, 0.3) is 5.69 Å². The predicted octanol–water partition coefficient (Wildman–Crippen LogP) is 4.08. The van der Waals surface area contributed by atoms with Crippen molar-refractivity contribution in [1.82, 2.24) is 20.2 Å². The van der Waals surface area contributed by atoms with Crippen LogP contribution in [0.1, 0.15) is 37.2 Å². The lowest BCUT2D eigenvalue weighted by Gasteiger charge is -2.30. The third-order valence-corrected chi connectivity index (χ3v) is 5.13. The zero-order valence-corrected chi connectivity index (χ0v) is 17.0. The van der Waals surface area contributed by atoms with Crippen molar-refractivity contribution in [1.29, 1.82) is 0 Å². The SMILES string of the molecule is CCC(C)(Nc1ccc(N(C)C)cc1)c1nnnn1-c1c(C)cccc1C. The second kappa shape index (κ2) is 7.39. The highest BCUT2D eigenvalue weighted by molar-refractivity contribution is 5.56. The van der Waals surface area contributed by atoms with Gasteiger partial charge >= 0.3 is 0 Å². The second-order valence-electron chi connectivity index (χ2n) is 7.41. The normalized spacial score (nSPS) is 13.3. The first-order chi connectivity index (χ1) is 12.9. The van der Waals surface area contributed by atoms with Gasteiger partial charge < -0.3 is 10.2 Å². The lowest BCUT2D eigenvalue weighted by molar-refractivity contribution is 0.474. The van der Waals surface area contributed by atoms with Gasteiger partial charge in [0.05, 0.1) is 11.2 Å². The fourth-order valence-electron chi connectivity index (χ4n) is 3.29. The largest absolute Gasteiger partial charge is 0.378 e. The van der Waals surface area contributed by atoms with Gasteiger partial charge in [0, 0.05) is 25.5 Å². The van der Waals surface area contributed by atoms with Gasteiger partial charge in [-0.05, 0) is 73.0 Å². The monoisotopic (exact) mass is 364 g/mol. The molecular formula is C21H28N6. The summed E-state index contributed by atoms with van der Waals surface area (Å²) >= 11 is 0. The number of rotatable bonds is 6. The summed E-state index contributed by atoms with van der Waals surface area (Å²) in [4.78, 5) is 2.09. The third kappa shape index (κ3) is 3.65. The third-order valence-electron chi connectivity index (χ3n) is 5.13. The number of para-hydroxylation sites is 1. The molecule has 0 aliphatic rings. The Morgan fingerprint density at radius 2 is 1.67 bits per heavy atom. The summed E-state index contributed by atoms with van der Waals surface area (Å²) in [6.07, 6.45) is 0.841. The van der Waals surface area contributed by atoms with Crippen molar-refractivity contribution >= 4 is 11.4 Å². The molecule has 27 heavy (non-hydrogen) atoms. The molecule has 1 atom stereocenters. The van der Waals surface area contributed by atoms with E-state index < -0.39 is 5.54 Å². The summed E-state index contributed by atoms with van der Waals surface area (Å²) in [6, 6.07) is 14.6. The zero-order chi connectivity index (χ0) is 19.6. The Balaban J connectivity index is 2.00. The topological polar surface area (TPSA) is 58.9 Å². The van der Waals surface area contributed by atoms with E-state index in [1.807, 2.05) is 18.8 Å². The molecule has 0 amide bonds. The maximum absolute atomic E-state index is 4.39. The van der Waals surface area contributed by atoms with Gasteiger partial charge in [0.15, 0.2) is 5.82 Å². The summed E-state index contributed by atoms with van der Waals surface area (Å²) < 4.78 is 1.87. The summed E-state index contributed by atoms with van der Waals surface area (Å²) in [5.74, 6) is 0.805. The average molecular weight is 364 g/mol. The Bertz CT molecular complexity index is 892. The number of aryl methyl sites for hydroxylation is 2. The van der Waals surface area contributed by atoms with Gasteiger partial charge in [-0.25, -0.2) is 0 Å². The van der Waals surface area contributed by atoms with E-state index in [4.69, 9.17) is 0 Å². The smallest absolute Gasteiger partial charge is 0.181 e. The molecule has 6 nitrogen and oxygen atoms in total. The summed E-state index contributed by atoms with van der Waals surface area (Å²) in [5, 5.41) is 16.3. The van der Waals surface area contributed by atoms with Crippen LogP contribution in [0.15, 0.2) is 42.5 Å². The lowest BCUT2D eigenvalue weighted by atomic mass is 9.96. The number of nitrogens with zero attached hydrogens (tertiary/aromatic N) is 5. The van der Waals surface area contributed by atoms with Gasteiger partial charge in [0.1, 0.15) is 0 Å². The number of anilines is 2. The van der Waals surface area contributed by atoms with Crippen LogP contribution in [0.4, 0.5) is 11.4 Å². The fraction of sp³-hybridized carbons (Fsp3) is 0.381. The molecule has 0 bridgehead atoms. The van der Waals surface area contributed by atoms with E-state index in [9.17, 15) is 0 Å². The minimum atomic E-state index is -0.405. The van der Waals surface area contributed by atoms with E-state index in [0.717, 1.165) is 34.7 Å². The van der Waals surface area contributed by atoms with Gasteiger partial charge in [-0.3, -0.25) is 0 Å². The molecular weight excluding hydrogens is 336 g/mol. The maximum Gasteiger partial charge on any atom is 0.181 e. The molecule has 142 valence electrons. The summed E-state index contributed by atoms with van der Waals surface area (Å²) in [6.45, 7) is 8.46. The zero-order valence-electron chi connectivity index (χ0n) is 17.0. The van der Waals surface area contributed by atoms with Crippen LogP contribution in [0.5, 0.6) is 0 Å². The Labute approximate surface area is 161 Å². The molecule has 0 spiro atoms. The molecule has 2 aromatic carbocycles. The summed E-state index contributed by atoms with van der Waals surface area (Å²) in [5.41, 5.74) is 5.15. The molecule has 1 heterocycles. The molecule has 6 heteroatoms. The van der Waals surface area contributed by atoms with Crippen LogP contribution in [0.2, 0.25) is 0 Å². The van der Waals surface area contributed by atoms with Gasteiger partial charge in [-0.2, -0.15) is 4.68 Å². The van der Waals surface area contributed by atoms with Crippen molar-refractivity contribution in [3.05, 3.63) is 59.4 Å².